The molecule has 0 heterocycles. The first-order valence-corrected chi connectivity index (χ1v) is 9.03. The van der Waals surface area contributed by atoms with Crippen molar-refractivity contribution >= 4 is 6.09 Å². The van der Waals surface area contributed by atoms with Crippen molar-refractivity contribution in [3.63, 3.8) is 0 Å². The standard InChI is InChI=1S/C18H36N2O2/c1-6-8-15-9-7-10-16(12-11-15)19-13-14(2)20-17(21)22-18(3,4)5/h14-16,19H,6-13H2,1-5H3,(H,20,21). The molecule has 0 aliphatic heterocycles. The van der Waals surface area contributed by atoms with Crippen LogP contribution in [0, 0.1) is 5.92 Å². The molecular formula is C18H36N2O2. The minimum atomic E-state index is -0.438. The average Bonchev–Trinajstić information content (AvgIpc) is 2.60. The van der Waals surface area contributed by atoms with Gasteiger partial charge in [0.05, 0.1) is 0 Å². The highest BCUT2D eigenvalue weighted by atomic mass is 16.6. The lowest BCUT2D eigenvalue weighted by atomic mass is 9.95. The molecule has 1 aliphatic rings. The van der Waals surface area contributed by atoms with Crippen molar-refractivity contribution < 1.29 is 9.53 Å². The number of ether oxygens (including phenoxy) is 1. The minimum Gasteiger partial charge on any atom is -0.444 e. The first-order valence-electron chi connectivity index (χ1n) is 9.03. The van der Waals surface area contributed by atoms with Crippen molar-refractivity contribution in [1.29, 1.82) is 0 Å². The van der Waals surface area contributed by atoms with Gasteiger partial charge in [0.2, 0.25) is 0 Å². The van der Waals surface area contributed by atoms with E-state index < -0.39 is 5.60 Å². The molecule has 4 nitrogen and oxygen atoms in total. The summed E-state index contributed by atoms with van der Waals surface area (Å²) < 4.78 is 5.28. The molecule has 0 bridgehead atoms. The van der Waals surface area contributed by atoms with Crippen molar-refractivity contribution in [2.75, 3.05) is 6.54 Å². The summed E-state index contributed by atoms with van der Waals surface area (Å²) in [5.74, 6) is 0.925. The van der Waals surface area contributed by atoms with Gasteiger partial charge in [-0.1, -0.05) is 32.6 Å². The molecule has 0 radical (unpaired) electrons. The summed E-state index contributed by atoms with van der Waals surface area (Å²) >= 11 is 0. The van der Waals surface area contributed by atoms with Gasteiger partial charge in [-0.2, -0.15) is 0 Å². The number of hydrogen-bond acceptors (Lipinski definition) is 3. The van der Waals surface area contributed by atoms with E-state index in [4.69, 9.17) is 4.74 Å². The third-order valence-electron chi connectivity index (χ3n) is 4.26. The van der Waals surface area contributed by atoms with E-state index in [0.29, 0.717) is 6.04 Å². The number of nitrogens with one attached hydrogen (secondary N) is 2. The molecule has 0 aromatic rings. The Labute approximate surface area is 136 Å². The Balaban J connectivity index is 2.23. The fraction of sp³-hybridized carbons (Fsp3) is 0.944. The minimum absolute atomic E-state index is 0.0875. The van der Waals surface area contributed by atoms with E-state index in [-0.39, 0.29) is 12.1 Å². The van der Waals surface area contributed by atoms with Gasteiger partial charge in [-0.05, 0) is 52.9 Å². The number of carbonyl (C=O) groups is 1. The van der Waals surface area contributed by atoms with E-state index in [2.05, 4.69) is 17.6 Å². The van der Waals surface area contributed by atoms with Crippen LogP contribution in [0.15, 0.2) is 0 Å². The quantitative estimate of drug-likeness (QED) is 0.721. The Bertz CT molecular complexity index is 326. The van der Waals surface area contributed by atoms with Crippen LogP contribution in [0.5, 0.6) is 0 Å². The van der Waals surface area contributed by atoms with Crippen LogP contribution in [0.3, 0.4) is 0 Å². The predicted octanol–water partition coefficient (Wildman–Crippen LogP) is 4.24. The molecule has 0 saturated heterocycles. The van der Waals surface area contributed by atoms with Gasteiger partial charge in [-0.15, -0.1) is 0 Å². The highest BCUT2D eigenvalue weighted by Gasteiger charge is 2.20. The van der Waals surface area contributed by atoms with Crippen molar-refractivity contribution in [1.82, 2.24) is 10.6 Å². The van der Waals surface area contributed by atoms with E-state index >= 15 is 0 Å². The van der Waals surface area contributed by atoms with E-state index in [1.807, 2.05) is 27.7 Å². The van der Waals surface area contributed by atoms with Gasteiger partial charge in [0.15, 0.2) is 0 Å². The topological polar surface area (TPSA) is 50.4 Å². The zero-order valence-electron chi connectivity index (χ0n) is 15.2. The second-order valence-corrected chi connectivity index (χ2v) is 7.82. The SMILES string of the molecule is CCCC1CCCC(NCC(C)NC(=O)OC(C)(C)C)CC1. The fourth-order valence-corrected chi connectivity index (χ4v) is 3.18. The van der Waals surface area contributed by atoms with Gasteiger partial charge in [0.1, 0.15) is 5.60 Å². The first kappa shape index (κ1) is 19.3. The third-order valence-corrected chi connectivity index (χ3v) is 4.26. The maximum Gasteiger partial charge on any atom is 0.407 e. The molecule has 1 saturated carbocycles. The summed E-state index contributed by atoms with van der Waals surface area (Å²) in [6, 6.07) is 0.689. The van der Waals surface area contributed by atoms with Crippen LogP contribution in [0.25, 0.3) is 0 Å². The van der Waals surface area contributed by atoms with Gasteiger partial charge in [0, 0.05) is 18.6 Å². The molecule has 0 aromatic heterocycles. The molecule has 1 rings (SSSR count). The van der Waals surface area contributed by atoms with Crippen LogP contribution < -0.4 is 10.6 Å². The Morgan fingerprint density at radius 2 is 1.95 bits per heavy atom. The molecule has 0 aromatic carbocycles. The molecule has 3 atom stereocenters. The van der Waals surface area contributed by atoms with E-state index in [0.717, 1.165) is 12.5 Å². The molecule has 130 valence electrons. The van der Waals surface area contributed by atoms with Gasteiger partial charge in [0.25, 0.3) is 0 Å². The number of hydrogen-bond donors (Lipinski definition) is 2. The monoisotopic (exact) mass is 312 g/mol. The van der Waals surface area contributed by atoms with Crippen LogP contribution in [-0.2, 0) is 4.74 Å². The summed E-state index contributed by atoms with van der Waals surface area (Å²) in [5, 5.41) is 6.52. The molecule has 3 unspecified atom stereocenters. The summed E-state index contributed by atoms with van der Waals surface area (Å²) in [4.78, 5) is 11.7. The molecule has 2 N–H and O–H groups in total. The van der Waals surface area contributed by atoms with Crippen LogP contribution in [0.2, 0.25) is 0 Å². The summed E-state index contributed by atoms with van der Waals surface area (Å²) in [7, 11) is 0. The highest BCUT2D eigenvalue weighted by molar-refractivity contribution is 5.68. The van der Waals surface area contributed by atoms with E-state index in [1.165, 1.54) is 44.9 Å². The highest BCUT2D eigenvalue weighted by Crippen LogP contribution is 2.26. The number of carbonyl (C=O) groups excluding carboxylic acids is 1. The van der Waals surface area contributed by atoms with E-state index in [9.17, 15) is 4.79 Å². The van der Waals surface area contributed by atoms with Gasteiger partial charge < -0.3 is 15.4 Å². The van der Waals surface area contributed by atoms with Crippen LogP contribution in [0.4, 0.5) is 4.79 Å². The summed E-state index contributed by atoms with van der Waals surface area (Å²) in [6.07, 6.45) is 8.95. The zero-order valence-corrected chi connectivity index (χ0v) is 15.2. The zero-order chi connectivity index (χ0) is 16.6. The van der Waals surface area contributed by atoms with Crippen LogP contribution >= 0.6 is 0 Å². The van der Waals surface area contributed by atoms with Gasteiger partial charge in [-0.25, -0.2) is 4.79 Å². The lowest BCUT2D eigenvalue weighted by molar-refractivity contribution is 0.0507. The van der Waals surface area contributed by atoms with Gasteiger partial charge >= 0.3 is 6.09 Å². The van der Waals surface area contributed by atoms with Crippen molar-refractivity contribution in [2.45, 2.75) is 97.2 Å². The Kier molecular flexibility index (Phi) is 8.23. The Morgan fingerprint density at radius 1 is 1.23 bits per heavy atom. The molecular weight excluding hydrogens is 276 g/mol. The molecule has 1 fully saturated rings. The number of alkyl carbamates (subject to hydrolysis) is 1. The normalized spacial score (nSPS) is 24.4. The largest absolute Gasteiger partial charge is 0.444 e. The first-order chi connectivity index (χ1) is 10.3. The second-order valence-electron chi connectivity index (χ2n) is 7.82. The summed E-state index contributed by atoms with van der Waals surface area (Å²) in [6.45, 7) is 10.8. The third kappa shape index (κ3) is 8.62. The summed E-state index contributed by atoms with van der Waals surface area (Å²) in [5.41, 5.74) is -0.438. The van der Waals surface area contributed by atoms with Crippen molar-refractivity contribution in [3.05, 3.63) is 0 Å². The number of rotatable bonds is 6. The van der Waals surface area contributed by atoms with Crippen molar-refractivity contribution in [3.8, 4) is 0 Å². The fourth-order valence-electron chi connectivity index (χ4n) is 3.18. The number of amides is 1. The molecule has 22 heavy (non-hydrogen) atoms. The molecule has 0 spiro atoms. The van der Waals surface area contributed by atoms with E-state index in [1.54, 1.807) is 0 Å². The smallest absolute Gasteiger partial charge is 0.407 e. The lowest BCUT2D eigenvalue weighted by Crippen LogP contribution is -2.44. The van der Waals surface area contributed by atoms with Crippen LogP contribution in [-0.4, -0.2) is 30.3 Å². The van der Waals surface area contributed by atoms with Crippen LogP contribution in [0.1, 0.15) is 79.6 Å². The Hall–Kier alpha value is -0.770. The molecule has 1 amide bonds. The maximum absolute atomic E-state index is 11.7. The van der Waals surface area contributed by atoms with Gasteiger partial charge in [-0.3, -0.25) is 0 Å². The molecule has 4 heteroatoms. The molecule has 1 aliphatic carbocycles. The average molecular weight is 312 g/mol. The van der Waals surface area contributed by atoms with Crippen molar-refractivity contribution in [2.24, 2.45) is 5.92 Å². The maximum atomic E-state index is 11.7. The Morgan fingerprint density at radius 3 is 2.59 bits per heavy atom. The lowest BCUT2D eigenvalue weighted by Gasteiger charge is -2.23. The second kappa shape index (κ2) is 9.39. The predicted molar refractivity (Wildman–Crippen MR) is 92.1 cm³/mol.